The van der Waals surface area contributed by atoms with Gasteiger partial charge in [-0.2, -0.15) is 5.26 Å². The van der Waals surface area contributed by atoms with Gasteiger partial charge in [0.25, 0.3) is 0 Å². The molecular formula is C21H29N5O3. The van der Waals surface area contributed by atoms with Gasteiger partial charge in [0.05, 0.1) is 32.4 Å². The molecular weight excluding hydrogens is 370 g/mol. The van der Waals surface area contributed by atoms with Crippen molar-refractivity contribution in [1.29, 1.82) is 5.26 Å². The summed E-state index contributed by atoms with van der Waals surface area (Å²) < 4.78 is 5.36. The molecule has 0 radical (unpaired) electrons. The molecule has 1 atom stereocenters. The van der Waals surface area contributed by atoms with Crippen molar-refractivity contribution in [2.24, 2.45) is 5.92 Å². The summed E-state index contributed by atoms with van der Waals surface area (Å²) >= 11 is 0. The molecule has 2 fully saturated rings. The molecule has 2 aliphatic rings. The number of nitriles is 1. The highest BCUT2D eigenvalue weighted by atomic mass is 16.5. The zero-order valence-corrected chi connectivity index (χ0v) is 17.1. The first-order valence-corrected chi connectivity index (χ1v) is 10.0. The number of anilines is 2. The van der Waals surface area contributed by atoms with Gasteiger partial charge in [-0.25, -0.2) is 0 Å². The Morgan fingerprint density at radius 2 is 1.83 bits per heavy atom. The number of nitrogens with one attached hydrogen (secondary N) is 2. The van der Waals surface area contributed by atoms with E-state index in [2.05, 4.69) is 21.6 Å². The van der Waals surface area contributed by atoms with Gasteiger partial charge in [-0.3, -0.25) is 14.5 Å². The van der Waals surface area contributed by atoms with Crippen LogP contribution in [0.4, 0.5) is 11.4 Å². The summed E-state index contributed by atoms with van der Waals surface area (Å²) in [5, 5.41) is 15.0. The first kappa shape index (κ1) is 21.1. The third-order valence-corrected chi connectivity index (χ3v) is 5.38. The minimum absolute atomic E-state index is 0.0629. The van der Waals surface area contributed by atoms with E-state index >= 15 is 0 Å². The molecule has 1 heterocycles. The molecule has 1 aromatic carbocycles. The Morgan fingerprint density at radius 3 is 2.41 bits per heavy atom. The maximum absolute atomic E-state index is 12.3. The maximum atomic E-state index is 12.3. The molecule has 8 heteroatoms. The van der Waals surface area contributed by atoms with Crippen LogP contribution in [0.3, 0.4) is 0 Å². The number of hydrogen-bond acceptors (Lipinski definition) is 6. The van der Waals surface area contributed by atoms with Crippen LogP contribution in [0.1, 0.15) is 19.8 Å². The van der Waals surface area contributed by atoms with Crippen LogP contribution < -0.4 is 15.5 Å². The molecule has 1 saturated carbocycles. The van der Waals surface area contributed by atoms with E-state index in [1.165, 1.54) is 0 Å². The second-order valence-electron chi connectivity index (χ2n) is 8.00. The minimum Gasteiger partial charge on any atom is -0.378 e. The molecule has 0 aromatic heterocycles. The fraction of sp³-hybridized carbons (Fsp3) is 0.571. The Labute approximate surface area is 171 Å². The number of likely N-dealkylation sites (N-methyl/N-ethyl adjacent to an activating group) is 1. The molecule has 3 rings (SSSR count). The highest BCUT2D eigenvalue weighted by Crippen LogP contribution is 2.39. The molecule has 1 aliphatic heterocycles. The Bertz CT molecular complexity index is 766. The molecule has 8 nitrogen and oxygen atoms in total. The van der Waals surface area contributed by atoms with Crippen molar-refractivity contribution >= 4 is 23.2 Å². The Morgan fingerprint density at radius 1 is 1.21 bits per heavy atom. The molecule has 1 aliphatic carbocycles. The number of amides is 2. The molecule has 0 spiro atoms. The van der Waals surface area contributed by atoms with Gasteiger partial charge < -0.3 is 20.3 Å². The number of carbonyl (C=O) groups excluding carboxylic acids is 2. The van der Waals surface area contributed by atoms with Gasteiger partial charge >= 0.3 is 0 Å². The Kier molecular flexibility index (Phi) is 6.72. The van der Waals surface area contributed by atoms with Gasteiger partial charge in [0.15, 0.2) is 0 Å². The second kappa shape index (κ2) is 9.25. The van der Waals surface area contributed by atoms with Crippen LogP contribution in [0, 0.1) is 17.2 Å². The summed E-state index contributed by atoms with van der Waals surface area (Å²) in [4.78, 5) is 28.4. The van der Waals surface area contributed by atoms with Gasteiger partial charge in [0.1, 0.15) is 5.54 Å². The Balaban J connectivity index is 1.43. The summed E-state index contributed by atoms with van der Waals surface area (Å²) in [5.74, 6) is -0.207. The minimum atomic E-state index is -0.817. The van der Waals surface area contributed by atoms with E-state index in [-0.39, 0.29) is 30.8 Å². The van der Waals surface area contributed by atoms with Gasteiger partial charge in [0.2, 0.25) is 11.8 Å². The molecule has 2 amide bonds. The lowest BCUT2D eigenvalue weighted by Gasteiger charge is -2.29. The van der Waals surface area contributed by atoms with Gasteiger partial charge in [0, 0.05) is 24.5 Å². The van der Waals surface area contributed by atoms with Crippen molar-refractivity contribution in [1.82, 2.24) is 10.2 Å². The quantitative estimate of drug-likeness (QED) is 0.682. The van der Waals surface area contributed by atoms with E-state index in [0.29, 0.717) is 0 Å². The molecule has 29 heavy (non-hydrogen) atoms. The Hall–Kier alpha value is -2.63. The lowest BCUT2D eigenvalue weighted by Crippen LogP contribution is -2.50. The number of benzene rings is 1. The van der Waals surface area contributed by atoms with Crippen LogP contribution in [-0.2, 0) is 14.3 Å². The average Bonchev–Trinajstić information content (AvgIpc) is 3.54. The largest absolute Gasteiger partial charge is 0.378 e. The molecule has 156 valence electrons. The van der Waals surface area contributed by atoms with Gasteiger partial charge in [-0.05, 0) is 57.0 Å². The normalized spacial score (nSPS) is 18.6. The third-order valence-electron chi connectivity index (χ3n) is 5.38. The van der Waals surface area contributed by atoms with Gasteiger partial charge in [-0.1, -0.05) is 0 Å². The fourth-order valence-electron chi connectivity index (χ4n) is 3.53. The highest BCUT2D eigenvalue weighted by Gasteiger charge is 2.43. The second-order valence-corrected chi connectivity index (χ2v) is 8.00. The van der Waals surface area contributed by atoms with Crippen molar-refractivity contribution in [2.45, 2.75) is 25.3 Å². The van der Waals surface area contributed by atoms with Crippen LogP contribution >= 0.6 is 0 Å². The molecule has 1 saturated heterocycles. The monoisotopic (exact) mass is 399 g/mol. The first-order valence-electron chi connectivity index (χ1n) is 10.0. The summed E-state index contributed by atoms with van der Waals surface area (Å²) in [6.07, 6.45) is 1.93. The molecule has 0 unspecified atom stereocenters. The maximum Gasteiger partial charge on any atom is 0.238 e. The van der Waals surface area contributed by atoms with Crippen molar-refractivity contribution in [2.75, 3.05) is 56.7 Å². The van der Waals surface area contributed by atoms with E-state index in [0.717, 1.165) is 50.5 Å². The number of morpholine rings is 1. The number of carbonyl (C=O) groups is 2. The smallest absolute Gasteiger partial charge is 0.238 e. The standard InChI is InChI=1S/C21H29N5O3/c1-21(15-22,16-3-4-16)24-20(28)14-25(2)13-19(27)23-17-5-7-18(8-6-17)26-9-11-29-12-10-26/h5-8,16H,3-4,9-14H2,1-2H3,(H,23,27)(H,24,28)/t21-/m0/s1. The van der Waals surface area contributed by atoms with E-state index in [1.54, 1.807) is 18.9 Å². The lowest BCUT2D eigenvalue weighted by molar-refractivity contribution is -0.124. The SMILES string of the molecule is CN(CC(=O)Nc1ccc(N2CCOCC2)cc1)CC(=O)N[C@@](C)(C#N)C1CC1. The van der Waals surface area contributed by atoms with E-state index in [1.807, 2.05) is 24.3 Å². The third kappa shape index (κ3) is 5.92. The number of ether oxygens (including phenoxy) is 1. The molecule has 0 bridgehead atoms. The summed E-state index contributed by atoms with van der Waals surface area (Å²) in [5.41, 5.74) is 1.01. The van der Waals surface area contributed by atoms with Crippen molar-refractivity contribution in [3.63, 3.8) is 0 Å². The lowest BCUT2D eigenvalue weighted by atomic mass is 9.98. The van der Waals surface area contributed by atoms with Crippen molar-refractivity contribution in [3.05, 3.63) is 24.3 Å². The number of hydrogen-bond donors (Lipinski definition) is 2. The molecule has 2 N–H and O–H groups in total. The summed E-state index contributed by atoms with van der Waals surface area (Å²) in [6.45, 7) is 5.10. The van der Waals surface area contributed by atoms with Crippen molar-refractivity contribution < 1.29 is 14.3 Å². The number of nitrogens with zero attached hydrogens (tertiary/aromatic N) is 3. The van der Waals surface area contributed by atoms with Crippen LogP contribution in [-0.4, -0.2) is 68.7 Å². The van der Waals surface area contributed by atoms with E-state index in [4.69, 9.17) is 4.74 Å². The predicted molar refractivity (Wildman–Crippen MR) is 110 cm³/mol. The summed E-state index contributed by atoms with van der Waals surface area (Å²) in [6, 6.07) is 9.93. The van der Waals surface area contributed by atoms with E-state index in [9.17, 15) is 14.9 Å². The van der Waals surface area contributed by atoms with Crippen molar-refractivity contribution in [3.8, 4) is 6.07 Å². The topological polar surface area (TPSA) is 97.7 Å². The fourth-order valence-corrected chi connectivity index (χ4v) is 3.53. The van der Waals surface area contributed by atoms with Crippen LogP contribution in [0.5, 0.6) is 0 Å². The summed E-state index contributed by atoms with van der Waals surface area (Å²) in [7, 11) is 1.71. The first-order chi connectivity index (χ1) is 13.9. The average molecular weight is 399 g/mol. The molecule has 1 aromatic rings. The van der Waals surface area contributed by atoms with Crippen LogP contribution in [0.15, 0.2) is 24.3 Å². The highest BCUT2D eigenvalue weighted by molar-refractivity contribution is 5.92. The predicted octanol–water partition coefficient (Wildman–Crippen LogP) is 1.20. The van der Waals surface area contributed by atoms with Gasteiger partial charge in [-0.15, -0.1) is 0 Å². The number of rotatable bonds is 8. The van der Waals surface area contributed by atoms with Crippen LogP contribution in [0.25, 0.3) is 0 Å². The van der Waals surface area contributed by atoms with E-state index < -0.39 is 5.54 Å². The zero-order chi connectivity index (χ0) is 20.9. The van der Waals surface area contributed by atoms with Crippen LogP contribution in [0.2, 0.25) is 0 Å². The zero-order valence-electron chi connectivity index (χ0n) is 17.1.